The van der Waals surface area contributed by atoms with Crippen LogP contribution < -0.4 is 4.74 Å². The van der Waals surface area contributed by atoms with Gasteiger partial charge in [0.1, 0.15) is 17.5 Å². The lowest BCUT2D eigenvalue weighted by Crippen LogP contribution is -2.37. The monoisotopic (exact) mass is 349 g/mol. The van der Waals surface area contributed by atoms with E-state index >= 15 is 0 Å². The molecule has 1 fully saturated rings. The molecule has 0 aliphatic carbocycles. The molecule has 4 rings (SSSR count). The minimum atomic E-state index is 0.227. The van der Waals surface area contributed by atoms with Crippen LogP contribution in [0.2, 0.25) is 0 Å². The van der Waals surface area contributed by atoms with Crippen LogP contribution in [0.25, 0.3) is 11.3 Å². The minimum absolute atomic E-state index is 0.227. The van der Waals surface area contributed by atoms with Crippen LogP contribution in [0.5, 0.6) is 5.75 Å². The van der Waals surface area contributed by atoms with E-state index in [1.54, 1.807) is 18.6 Å². The van der Waals surface area contributed by atoms with Gasteiger partial charge in [-0.3, -0.25) is 19.5 Å². The molecule has 6 heteroatoms. The van der Waals surface area contributed by atoms with Crippen molar-refractivity contribution in [2.24, 2.45) is 7.05 Å². The van der Waals surface area contributed by atoms with Crippen LogP contribution in [0.15, 0.2) is 55.2 Å². The molecule has 134 valence electrons. The molecule has 3 aromatic rings. The van der Waals surface area contributed by atoms with Crippen molar-refractivity contribution in [1.82, 2.24) is 24.6 Å². The van der Waals surface area contributed by atoms with E-state index in [1.807, 2.05) is 42.2 Å². The van der Waals surface area contributed by atoms with Crippen molar-refractivity contribution < 1.29 is 4.74 Å². The van der Waals surface area contributed by atoms with E-state index in [0.717, 1.165) is 49.5 Å². The Morgan fingerprint density at radius 1 is 1.12 bits per heavy atom. The molecule has 1 aliphatic rings. The average molecular weight is 349 g/mol. The lowest BCUT2D eigenvalue weighted by Gasteiger charge is -2.32. The Morgan fingerprint density at radius 3 is 2.65 bits per heavy atom. The van der Waals surface area contributed by atoms with Crippen molar-refractivity contribution in [3.63, 3.8) is 0 Å². The molecule has 0 atom stereocenters. The van der Waals surface area contributed by atoms with E-state index in [0.29, 0.717) is 0 Å². The number of likely N-dealkylation sites (tertiary alicyclic amines) is 1. The first-order chi connectivity index (χ1) is 12.8. The maximum Gasteiger partial charge on any atom is 0.145 e. The highest BCUT2D eigenvalue weighted by Crippen LogP contribution is 2.29. The molecular weight excluding hydrogens is 326 g/mol. The number of aromatic nitrogens is 4. The van der Waals surface area contributed by atoms with Crippen molar-refractivity contribution in [1.29, 1.82) is 0 Å². The van der Waals surface area contributed by atoms with Gasteiger partial charge in [0.2, 0.25) is 0 Å². The molecule has 26 heavy (non-hydrogen) atoms. The van der Waals surface area contributed by atoms with Crippen LogP contribution in [0, 0.1) is 0 Å². The first-order valence-electron chi connectivity index (χ1n) is 9.00. The van der Waals surface area contributed by atoms with Crippen molar-refractivity contribution in [2.45, 2.75) is 25.5 Å². The molecule has 0 amide bonds. The summed E-state index contributed by atoms with van der Waals surface area (Å²) < 4.78 is 8.17. The molecule has 0 spiro atoms. The molecule has 6 nitrogen and oxygen atoms in total. The Bertz CT molecular complexity index is 840. The van der Waals surface area contributed by atoms with Gasteiger partial charge in [-0.05, 0) is 37.1 Å². The second-order valence-corrected chi connectivity index (χ2v) is 6.70. The Labute approximate surface area is 153 Å². The highest BCUT2D eigenvalue weighted by atomic mass is 16.5. The summed E-state index contributed by atoms with van der Waals surface area (Å²) in [7, 11) is 1.96. The Balaban J connectivity index is 1.38. The Hall–Kier alpha value is -2.73. The summed E-state index contributed by atoms with van der Waals surface area (Å²) in [4.78, 5) is 11.1. The number of piperidine rings is 1. The number of nitrogens with zero attached hydrogens (tertiary/aromatic N) is 5. The summed E-state index contributed by atoms with van der Waals surface area (Å²) in [5, 5.41) is 4.25. The second-order valence-electron chi connectivity index (χ2n) is 6.70. The van der Waals surface area contributed by atoms with Gasteiger partial charge < -0.3 is 4.74 Å². The second kappa shape index (κ2) is 7.66. The molecule has 0 radical (unpaired) electrons. The third kappa shape index (κ3) is 3.91. The van der Waals surface area contributed by atoms with Crippen molar-refractivity contribution >= 4 is 0 Å². The molecule has 3 aromatic heterocycles. The predicted octanol–water partition coefficient (Wildman–Crippen LogP) is 2.92. The summed E-state index contributed by atoms with van der Waals surface area (Å²) in [5.74, 6) is 0.851. The summed E-state index contributed by atoms with van der Waals surface area (Å²) in [6.45, 7) is 3.02. The lowest BCUT2D eigenvalue weighted by molar-refractivity contribution is 0.0970. The largest absolute Gasteiger partial charge is 0.488 e. The molecule has 0 saturated carbocycles. The number of ether oxygens (including phenoxy) is 1. The average Bonchev–Trinajstić information content (AvgIpc) is 3.09. The molecular formula is C20H23N5O. The van der Waals surface area contributed by atoms with Gasteiger partial charge in [-0.15, -0.1) is 0 Å². The number of hydrogen-bond acceptors (Lipinski definition) is 5. The van der Waals surface area contributed by atoms with E-state index in [9.17, 15) is 0 Å². The summed E-state index contributed by atoms with van der Waals surface area (Å²) >= 11 is 0. The number of hydrogen-bond donors (Lipinski definition) is 0. The third-order valence-electron chi connectivity index (χ3n) is 4.72. The predicted molar refractivity (Wildman–Crippen MR) is 99.6 cm³/mol. The maximum atomic E-state index is 6.32. The van der Waals surface area contributed by atoms with Gasteiger partial charge in [-0.1, -0.05) is 0 Å². The van der Waals surface area contributed by atoms with E-state index in [4.69, 9.17) is 4.74 Å². The van der Waals surface area contributed by atoms with Crippen molar-refractivity contribution in [3.05, 3.63) is 60.8 Å². The molecule has 1 saturated heterocycles. The third-order valence-corrected chi connectivity index (χ3v) is 4.72. The fourth-order valence-corrected chi connectivity index (χ4v) is 3.39. The molecule has 4 heterocycles. The van der Waals surface area contributed by atoms with E-state index in [1.165, 1.54) is 5.56 Å². The fourth-order valence-electron chi connectivity index (χ4n) is 3.39. The molecule has 0 aromatic carbocycles. The van der Waals surface area contributed by atoms with Gasteiger partial charge in [-0.2, -0.15) is 5.10 Å². The van der Waals surface area contributed by atoms with Gasteiger partial charge in [0.05, 0.1) is 6.20 Å². The molecule has 0 bridgehead atoms. The van der Waals surface area contributed by atoms with Crippen LogP contribution in [-0.4, -0.2) is 43.8 Å². The standard InChI is InChI=1S/C20H23N5O/c1-24-14-16(13-23-24)15-25-11-6-18(7-12-25)26-19-3-2-8-22-20(19)17-4-9-21-10-5-17/h2-5,8-10,13-14,18H,6-7,11-12,15H2,1H3. The fraction of sp³-hybridized carbons (Fsp3) is 0.350. The number of aryl methyl sites for hydroxylation is 1. The van der Waals surface area contributed by atoms with E-state index < -0.39 is 0 Å². The van der Waals surface area contributed by atoms with Gasteiger partial charge in [0.25, 0.3) is 0 Å². The summed E-state index contributed by atoms with van der Waals surface area (Å²) in [6, 6.07) is 7.86. The minimum Gasteiger partial charge on any atom is -0.488 e. The lowest BCUT2D eigenvalue weighted by atomic mass is 10.1. The zero-order valence-corrected chi connectivity index (χ0v) is 15.0. The molecule has 0 N–H and O–H groups in total. The van der Waals surface area contributed by atoms with Crippen LogP contribution in [0.1, 0.15) is 18.4 Å². The first-order valence-corrected chi connectivity index (χ1v) is 9.00. The number of rotatable bonds is 5. The SMILES string of the molecule is Cn1cc(CN2CCC(Oc3cccnc3-c3ccncc3)CC2)cn1. The normalized spacial score (nSPS) is 15.9. The Kier molecular flexibility index (Phi) is 4.93. The maximum absolute atomic E-state index is 6.32. The van der Waals surface area contributed by atoms with Crippen LogP contribution in [0.3, 0.4) is 0 Å². The highest BCUT2D eigenvalue weighted by Gasteiger charge is 2.22. The van der Waals surface area contributed by atoms with Gasteiger partial charge in [0, 0.05) is 62.6 Å². The van der Waals surface area contributed by atoms with Gasteiger partial charge >= 0.3 is 0 Å². The highest BCUT2D eigenvalue weighted by molar-refractivity contribution is 5.65. The summed E-state index contributed by atoms with van der Waals surface area (Å²) in [6.07, 6.45) is 11.7. The van der Waals surface area contributed by atoms with Crippen LogP contribution >= 0.6 is 0 Å². The summed E-state index contributed by atoms with van der Waals surface area (Å²) in [5.41, 5.74) is 3.18. The van der Waals surface area contributed by atoms with Gasteiger partial charge in [-0.25, -0.2) is 0 Å². The molecule has 1 aliphatic heterocycles. The van der Waals surface area contributed by atoms with Crippen molar-refractivity contribution in [3.8, 4) is 17.0 Å². The van der Waals surface area contributed by atoms with E-state index in [-0.39, 0.29) is 6.10 Å². The first kappa shape index (κ1) is 16.7. The van der Waals surface area contributed by atoms with Gasteiger partial charge in [0.15, 0.2) is 0 Å². The zero-order valence-electron chi connectivity index (χ0n) is 15.0. The molecule has 0 unspecified atom stereocenters. The smallest absolute Gasteiger partial charge is 0.145 e. The number of pyridine rings is 2. The van der Waals surface area contributed by atoms with Crippen LogP contribution in [-0.2, 0) is 13.6 Å². The quantitative estimate of drug-likeness (QED) is 0.709. The topological polar surface area (TPSA) is 56.1 Å². The zero-order chi connectivity index (χ0) is 17.8. The Morgan fingerprint density at radius 2 is 1.92 bits per heavy atom. The van der Waals surface area contributed by atoms with Crippen molar-refractivity contribution in [2.75, 3.05) is 13.1 Å². The van der Waals surface area contributed by atoms with E-state index in [2.05, 4.69) is 26.2 Å². The van der Waals surface area contributed by atoms with Crippen LogP contribution in [0.4, 0.5) is 0 Å².